The van der Waals surface area contributed by atoms with Crippen LogP contribution >= 0.6 is 11.6 Å². The Morgan fingerprint density at radius 3 is 2.68 bits per heavy atom. The normalized spacial score (nSPS) is 11.6. The van der Waals surface area contributed by atoms with Crippen molar-refractivity contribution in [2.45, 2.75) is 26.3 Å². The van der Waals surface area contributed by atoms with Crippen molar-refractivity contribution in [2.75, 3.05) is 11.9 Å². The first kappa shape index (κ1) is 23.8. The lowest BCUT2D eigenvalue weighted by Gasteiger charge is -2.09. The SMILES string of the molecule is CC[C@@H](C)NC(=O)C(=O)N/N=C\c1cccc(OCC(=O)Nc2ccc(F)c(Cl)c2)c1. The maximum absolute atomic E-state index is 13.2. The van der Waals surface area contributed by atoms with E-state index >= 15 is 0 Å². The van der Waals surface area contributed by atoms with Crippen molar-refractivity contribution in [3.05, 3.63) is 58.9 Å². The van der Waals surface area contributed by atoms with Gasteiger partial charge in [0, 0.05) is 11.7 Å². The Bertz CT molecular complexity index is 984. The fourth-order valence-corrected chi connectivity index (χ4v) is 2.39. The molecular weight excluding hydrogens is 427 g/mol. The lowest BCUT2D eigenvalue weighted by atomic mass is 10.2. The summed E-state index contributed by atoms with van der Waals surface area (Å²) in [6.45, 7) is 3.38. The first-order valence-corrected chi connectivity index (χ1v) is 9.78. The Hall–Kier alpha value is -3.46. The first-order chi connectivity index (χ1) is 14.8. The van der Waals surface area contributed by atoms with Gasteiger partial charge >= 0.3 is 11.8 Å². The molecule has 0 aliphatic rings. The average molecular weight is 449 g/mol. The molecular formula is C21H22ClFN4O4. The topological polar surface area (TPSA) is 109 Å². The fourth-order valence-electron chi connectivity index (χ4n) is 2.21. The second kappa shape index (κ2) is 11.7. The summed E-state index contributed by atoms with van der Waals surface area (Å²) in [7, 11) is 0. The number of carbonyl (C=O) groups is 3. The van der Waals surface area contributed by atoms with Crippen molar-refractivity contribution >= 4 is 41.2 Å². The summed E-state index contributed by atoms with van der Waals surface area (Å²) < 4.78 is 18.6. The number of halogens is 2. The summed E-state index contributed by atoms with van der Waals surface area (Å²) >= 11 is 5.68. The fraction of sp³-hybridized carbons (Fsp3) is 0.238. The summed E-state index contributed by atoms with van der Waals surface area (Å²) in [5.41, 5.74) is 3.06. The summed E-state index contributed by atoms with van der Waals surface area (Å²) in [6.07, 6.45) is 2.03. The van der Waals surface area contributed by atoms with Gasteiger partial charge in [-0.25, -0.2) is 9.82 Å². The molecule has 0 aliphatic carbocycles. The maximum atomic E-state index is 13.2. The molecule has 0 unspecified atom stereocenters. The van der Waals surface area contributed by atoms with E-state index in [2.05, 4.69) is 21.2 Å². The van der Waals surface area contributed by atoms with Gasteiger partial charge in [-0.1, -0.05) is 30.7 Å². The van der Waals surface area contributed by atoms with Crippen molar-refractivity contribution in [1.82, 2.24) is 10.7 Å². The van der Waals surface area contributed by atoms with Crippen molar-refractivity contribution in [1.29, 1.82) is 0 Å². The van der Waals surface area contributed by atoms with E-state index in [1.54, 1.807) is 31.2 Å². The molecule has 0 spiro atoms. The van der Waals surface area contributed by atoms with E-state index in [1.807, 2.05) is 6.92 Å². The van der Waals surface area contributed by atoms with E-state index in [9.17, 15) is 18.8 Å². The van der Waals surface area contributed by atoms with E-state index in [1.165, 1.54) is 18.3 Å². The van der Waals surface area contributed by atoms with Gasteiger partial charge in [0.1, 0.15) is 11.6 Å². The van der Waals surface area contributed by atoms with Crippen LogP contribution in [-0.2, 0) is 14.4 Å². The smallest absolute Gasteiger partial charge is 0.329 e. The summed E-state index contributed by atoms with van der Waals surface area (Å²) in [5, 5.41) is 8.71. The molecule has 0 saturated heterocycles. The number of nitrogens with zero attached hydrogens (tertiary/aromatic N) is 1. The molecule has 0 aromatic heterocycles. The highest BCUT2D eigenvalue weighted by Crippen LogP contribution is 2.19. The third kappa shape index (κ3) is 8.06. The molecule has 31 heavy (non-hydrogen) atoms. The number of rotatable bonds is 8. The van der Waals surface area contributed by atoms with Crippen molar-refractivity contribution in [3.63, 3.8) is 0 Å². The molecule has 0 fully saturated rings. The molecule has 0 saturated carbocycles. The van der Waals surface area contributed by atoms with Crippen LogP contribution in [0.25, 0.3) is 0 Å². The van der Waals surface area contributed by atoms with Crippen molar-refractivity contribution in [2.24, 2.45) is 5.10 Å². The molecule has 8 nitrogen and oxygen atoms in total. The number of benzene rings is 2. The Balaban J connectivity index is 1.85. The van der Waals surface area contributed by atoms with Crippen LogP contribution in [0.4, 0.5) is 10.1 Å². The third-order valence-corrected chi connectivity index (χ3v) is 4.30. The van der Waals surface area contributed by atoms with Gasteiger partial charge in [-0.05, 0) is 49.2 Å². The summed E-state index contributed by atoms with van der Waals surface area (Å²) in [4.78, 5) is 35.3. The number of ether oxygens (including phenoxy) is 1. The van der Waals surface area contributed by atoms with E-state index in [0.29, 0.717) is 23.4 Å². The van der Waals surface area contributed by atoms with Crippen LogP contribution in [0.3, 0.4) is 0 Å². The van der Waals surface area contributed by atoms with Gasteiger partial charge in [-0.3, -0.25) is 14.4 Å². The molecule has 10 heteroatoms. The molecule has 3 amide bonds. The Labute approximate surface area is 183 Å². The van der Waals surface area contributed by atoms with Crippen LogP contribution in [0, 0.1) is 5.82 Å². The minimum absolute atomic E-state index is 0.102. The van der Waals surface area contributed by atoms with Crippen molar-refractivity contribution in [3.8, 4) is 5.75 Å². The largest absolute Gasteiger partial charge is 0.484 e. The van der Waals surface area contributed by atoms with E-state index in [0.717, 1.165) is 6.07 Å². The summed E-state index contributed by atoms with van der Waals surface area (Å²) in [5.74, 6) is -2.29. The second-order valence-corrected chi connectivity index (χ2v) is 6.93. The van der Waals surface area contributed by atoms with Crippen LogP contribution in [0.15, 0.2) is 47.6 Å². The zero-order valence-electron chi connectivity index (χ0n) is 16.9. The average Bonchev–Trinajstić information content (AvgIpc) is 2.75. The molecule has 2 aromatic carbocycles. The Kier molecular flexibility index (Phi) is 8.95. The number of hydrogen-bond donors (Lipinski definition) is 3. The maximum Gasteiger partial charge on any atom is 0.329 e. The molecule has 2 rings (SSSR count). The Morgan fingerprint density at radius 2 is 1.97 bits per heavy atom. The van der Waals surface area contributed by atoms with E-state index in [4.69, 9.17) is 16.3 Å². The minimum Gasteiger partial charge on any atom is -0.484 e. The van der Waals surface area contributed by atoms with Gasteiger partial charge in [-0.15, -0.1) is 0 Å². The molecule has 2 aromatic rings. The predicted molar refractivity (Wildman–Crippen MR) is 116 cm³/mol. The van der Waals surface area contributed by atoms with Crippen LogP contribution in [0.5, 0.6) is 5.75 Å². The molecule has 0 heterocycles. The zero-order valence-corrected chi connectivity index (χ0v) is 17.7. The van der Waals surface area contributed by atoms with E-state index < -0.39 is 23.5 Å². The highest BCUT2D eigenvalue weighted by molar-refractivity contribution is 6.35. The van der Waals surface area contributed by atoms with Gasteiger partial charge in [0.25, 0.3) is 5.91 Å². The van der Waals surface area contributed by atoms with Crippen LogP contribution in [0.2, 0.25) is 5.02 Å². The number of hydrogen-bond acceptors (Lipinski definition) is 5. The third-order valence-electron chi connectivity index (χ3n) is 4.01. The number of hydrazone groups is 1. The zero-order chi connectivity index (χ0) is 22.8. The monoisotopic (exact) mass is 448 g/mol. The molecule has 0 bridgehead atoms. The van der Waals surface area contributed by atoms with Gasteiger partial charge in [0.15, 0.2) is 6.61 Å². The van der Waals surface area contributed by atoms with Gasteiger partial charge in [0.2, 0.25) is 0 Å². The molecule has 1 atom stereocenters. The standard InChI is InChI=1S/C21H22ClFN4O4/c1-3-13(2)25-20(29)21(30)27-24-11-14-5-4-6-16(9-14)31-12-19(28)26-15-7-8-18(23)17(22)10-15/h4-11,13H,3,12H2,1-2H3,(H,25,29)(H,26,28)(H,27,30)/b24-11-/t13-/m1/s1. The van der Waals surface area contributed by atoms with Gasteiger partial charge in [-0.2, -0.15) is 5.10 Å². The molecule has 3 N–H and O–H groups in total. The highest BCUT2D eigenvalue weighted by Gasteiger charge is 2.14. The number of amides is 3. The molecule has 0 aliphatic heterocycles. The quantitative estimate of drug-likeness (QED) is 0.328. The van der Waals surface area contributed by atoms with Gasteiger partial charge < -0.3 is 15.4 Å². The van der Waals surface area contributed by atoms with Crippen LogP contribution < -0.4 is 20.8 Å². The lowest BCUT2D eigenvalue weighted by molar-refractivity contribution is -0.139. The molecule has 0 radical (unpaired) electrons. The predicted octanol–water partition coefficient (Wildman–Crippen LogP) is 2.86. The second-order valence-electron chi connectivity index (χ2n) is 6.52. The van der Waals surface area contributed by atoms with Crippen LogP contribution in [0.1, 0.15) is 25.8 Å². The van der Waals surface area contributed by atoms with Crippen LogP contribution in [-0.4, -0.2) is 36.6 Å². The highest BCUT2D eigenvalue weighted by atomic mass is 35.5. The van der Waals surface area contributed by atoms with E-state index in [-0.39, 0.29) is 17.7 Å². The lowest BCUT2D eigenvalue weighted by Crippen LogP contribution is -2.41. The Morgan fingerprint density at radius 1 is 1.19 bits per heavy atom. The number of anilines is 1. The first-order valence-electron chi connectivity index (χ1n) is 9.40. The van der Waals surface area contributed by atoms with Crippen molar-refractivity contribution < 1.29 is 23.5 Å². The van der Waals surface area contributed by atoms with Gasteiger partial charge in [0.05, 0.1) is 11.2 Å². The minimum atomic E-state index is -0.874. The number of carbonyl (C=O) groups excluding carboxylic acids is 3. The summed E-state index contributed by atoms with van der Waals surface area (Å²) in [6, 6.07) is 10.3. The molecule has 164 valence electrons. The number of nitrogens with one attached hydrogen (secondary N) is 3.